The lowest BCUT2D eigenvalue weighted by atomic mass is 9.97. The summed E-state index contributed by atoms with van der Waals surface area (Å²) in [5.74, 6) is 0.211. The summed E-state index contributed by atoms with van der Waals surface area (Å²) in [7, 11) is 0. The molecule has 3 rings (SSSR count). The summed E-state index contributed by atoms with van der Waals surface area (Å²) < 4.78 is 0.822. The van der Waals surface area contributed by atoms with Gasteiger partial charge in [-0.05, 0) is 18.6 Å². The minimum atomic E-state index is -0.0413. The van der Waals surface area contributed by atoms with Crippen molar-refractivity contribution in [1.29, 1.82) is 0 Å². The number of hydrogen-bond acceptors (Lipinski definition) is 4. The van der Waals surface area contributed by atoms with Gasteiger partial charge in [-0.15, -0.1) is 11.3 Å². The largest absolute Gasteiger partial charge is 0.355 e. The van der Waals surface area contributed by atoms with Crippen LogP contribution in [0.1, 0.15) is 17.7 Å². The summed E-state index contributed by atoms with van der Waals surface area (Å²) in [5.41, 5.74) is 0. The molecular weight excluding hydrogens is 322 g/mol. The summed E-state index contributed by atoms with van der Waals surface area (Å²) in [6, 6.07) is 3.99. The first-order valence-electron chi connectivity index (χ1n) is 7.64. The Bertz CT molecular complexity index is 545. The van der Waals surface area contributed by atoms with Gasteiger partial charge in [0.2, 0.25) is 11.8 Å². The van der Waals surface area contributed by atoms with Crippen molar-refractivity contribution in [3.63, 3.8) is 0 Å². The third kappa shape index (κ3) is 3.80. The van der Waals surface area contributed by atoms with Gasteiger partial charge >= 0.3 is 0 Å². The van der Waals surface area contributed by atoms with Gasteiger partial charge < -0.3 is 10.2 Å². The molecule has 2 aliphatic heterocycles. The molecule has 1 N–H and O–H groups in total. The van der Waals surface area contributed by atoms with E-state index in [2.05, 4.69) is 16.3 Å². The molecular formula is C15H20ClN3O2S. The van der Waals surface area contributed by atoms with Crippen LogP contribution in [0.4, 0.5) is 0 Å². The molecule has 2 fully saturated rings. The molecule has 0 radical (unpaired) electrons. The highest BCUT2D eigenvalue weighted by molar-refractivity contribution is 7.16. The van der Waals surface area contributed by atoms with Crippen molar-refractivity contribution in [3.8, 4) is 0 Å². The standard InChI is InChI=1S/C15H20ClN3O2S/c16-13-3-2-12(22-13)10-18-5-7-19(8-6-18)15(21)11-1-4-14(20)17-9-11/h2-3,11H,1,4-10H2,(H,17,20)/t11-/m0/s1. The normalized spacial score (nSPS) is 23.4. The number of nitrogens with one attached hydrogen (secondary N) is 1. The molecule has 3 heterocycles. The number of rotatable bonds is 3. The van der Waals surface area contributed by atoms with Crippen LogP contribution in [-0.2, 0) is 16.1 Å². The predicted octanol–water partition coefficient (Wildman–Crippen LogP) is 1.57. The zero-order valence-corrected chi connectivity index (χ0v) is 14.0. The molecule has 2 amide bonds. The van der Waals surface area contributed by atoms with Crippen molar-refractivity contribution in [1.82, 2.24) is 15.1 Å². The minimum Gasteiger partial charge on any atom is -0.355 e. The number of carbonyl (C=O) groups is 2. The topological polar surface area (TPSA) is 52.7 Å². The minimum absolute atomic E-state index is 0.0413. The highest BCUT2D eigenvalue weighted by Crippen LogP contribution is 2.23. The SMILES string of the molecule is O=C1CC[C@H](C(=O)N2CCN(Cc3ccc(Cl)s3)CC2)CN1. The number of halogens is 1. The molecule has 7 heteroatoms. The molecule has 1 aromatic heterocycles. The Hall–Kier alpha value is -1.11. The lowest BCUT2D eigenvalue weighted by Crippen LogP contribution is -2.52. The average molecular weight is 342 g/mol. The Morgan fingerprint density at radius 3 is 2.68 bits per heavy atom. The van der Waals surface area contributed by atoms with Crippen molar-refractivity contribution in [3.05, 3.63) is 21.3 Å². The van der Waals surface area contributed by atoms with E-state index in [4.69, 9.17) is 11.6 Å². The van der Waals surface area contributed by atoms with Crippen LogP contribution in [-0.4, -0.2) is 54.3 Å². The Balaban J connectivity index is 1.47. The van der Waals surface area contributed by atoms with Crippen LogP contribution >= 0.6 is 22.9 Å². The molecule has 0 bridgehead atoms. The van der Waals surface area contributed by atoms with E-state index in [1.165, 1.54) is 4.88 Å². The van der Waals surface area contributed by atoms with E-state index in [0.717, 1.165) is 37.1 Å². The van der Waals surface area contributed by atoms with Crippen LogP contribution in [0.25, 0.3) is 0 Å². The van der Waals surface area contributed by atoms with Crippen LogP contribution in [0.5, 0.6) is 0 Å². The van der Waals surface area contributed by atoms with E-state index >= 15 is 0 Å². The zero-order valence-electron chi connectivity index (χ0n) is 12.4. The Kier molecular flexibility index (Phi) is 5.00. The number of piperazine rings is 1. The number of nitrogens with zero attached hydrogens (tertiary/aromatic N) is 2. The molecule has 22 heavy (non-hydrogen) atoms. The van der Waals surface area contributed by atoms with Gasteiger partial charge in [-0.1, -0.05) is 11.6 Å². The first kappa shape index (κ1) is 15.8. The van der Waals surface area contributed by atoms with Gasteiger partial charge in [-0.25, -0.2) is 0 Å². The molecule has 0 unspecified atom stereocenters. The van der Waals surface area contributed by atoms with E-state index in [-0.39, 0.29) is 17.7 Å². The van der Waals surface area contributed by atoms with Crippen molar-refractivity contribution < 1.29 is 9.59 Å². The average Bonchev–Trinajstić information content (AvgIpc) is 2.93. The van der Waals surface area contributed by atoms with Gasteiger partial charge in [0, 0.05) is 50.6 Å². The second-order valence-electron chi connectivity index (χ2n) is 5.85. The summed E-state index contributed by atoms with van der Waals surface area (Å²) >= 11 is 7.57. The quantitative estimate of drug-likeness (QED) is 0.908. The van der Waals surface area contributed by atoms with Crippen LogP contribution in [0.2, 0.25) is 4.34 Å². The number of carbonyl (C=O) groups excluding carboxylic acids is 2. The molecule has 0 spiro atoms. The summed E-state index contributed by atoms with van der Waals surface area (Å²) in [4.78, 5) is 29.2. The second kappa shape index (κ2) is 6.98. The fourth-order valence-corrected chi connectivity index (χ4v) is 4.12. The van der Waals surface area contributed by atoms with Crippen molar-refractivity contribution in [2.45, 2.75) is 19.4 Å². The van der Waals surface area contributed by atoms with E-state index < -0.39 is 0 Å². The van der Waals surface area contributed by atoms with Crippen LogP contribution in [0.15, 0.2) is 12.1 Å². The highest BCUT2D eigenvalue weighted by Gasteiger charge is 2.30. The molecule has 0 aromatic carbocycles. The summed E-state index contributed by atoms with van der Waals surface area (Å²) in [6.07, 6.45) is 1.15. The predicted molar refractivity (Wildman–Crippen MR) is 86.9 cm³/mol. The molecule has 1 atom stereocenters. The van der Waals surface area contributed by atoms with Crippen molar-refractivity contribution in [2.24, 2.45) is 5.92 Å². The number of thiophene rings is 1. The van der Waals surface area contributed by atoms with Crippen molar-refractivity contribution >= 4 is 34.8 Å². The first-order valence-corrected chi connectivity index (χ1v) is 8.83. The first-order chi connectivity index (χ1) is 10.6. The Morgan fingerprint density at radius 2 is 2.09 bits per heavy atom. The fraction of sp³-hybridized carbons (Fsp3) is 0.600. The van der Waals surface area contributed by atoms with Crippen LogP contribution < -0.4 is 5.32 Å². The summed E-state index contributed by atoms with van der Waals surface area (Å²) in [5, 5.41) is 2.79. The monoisotopic (exact) mass is 341 g/mol. The number of hydrogen-bond donors (Lipinski definition) is 1. The van der Waals surface area contributed by atoms with Crippen molar-refractivity contribution in [2.75, 3.05) is 32.7 Å². The van der Waals surface area contributed by atoms with Gasteiger partial charge in [-0.3, -0.25) is 14.5 Å². The molecule has 0 aliphatic carbocycles. The van der Waals surface area contributed by atoms with Gasteiger partial charge in [0.1, 0.15) is 0 Å². The maximum absolute atomic E-state index is 12.5. The van der Waals surface area contributed by atoms with E-state index in [0.29, 0.717) is 19.4 Å². The van der Waals surface area contributed by atoms with Gasteiger partial charge in [0.15, 0.2) is 0 Å². The number of amides is 2. The molecule has 5 nitrogen and oxygen atoms in total. The van der Waals surface area contributed by atoms with E-state index in [1.807, 2.05) is 11.0 Å². The zero-order chi connectivity index (χ0) is 15.5. The molecule has 2 aliphatic rings. The third-order valence-corrected chi connectivity index (χ3v) is 5.52. The maximum atomic E-state index is 12.5. The Morgan fingerprint density at radius 1 is 1.32 bits per heavy atom. The van der Waals surface area contributed by atoms with Gasteiger partial charge in [0.25, 0.3) is 0 Å². The number of piperidine rings is 1. The van der Waals surface area contributed by atoms with Crippen LogP contribution in [0, 0.1) is 5.92 Å². The molecule has 0 saturated carbocycles. The molecule has 1 aromatic rings. The Labute approximate surface area is 139 Å². The van der Waals surface area contributed by atoms with Crippen LogP contribution in [0.3, 0.4) is 0 Å². The van der Waals surface area contributed by atoms with E-state index in [1.54, 1.807) is 11.3 Å². The van der Waals surface area contributed by atoms with E-state index in [9.17, 15) is 9.59 Å². The maximum Gasteiger partial charge on any atom is 0.227 e. The van der Waals surface area contributed by atoms with Gasteiger partial charge in [0.05, 0.1) is 10.3 Å². The second-order valence-corrected chi connectivity index (χ2v) is 7.65. The third-order valence-electron chi connectivity index (χ3n) is 4.31. The summed E-state index contributed by atoms with van der Waals surface area (Å²) in [6.45, 7) is 4.70. The highest BCUT2D eigenvalue weighted by atomic mass is 35.5. The lowest BCUT2D eigenvalue weighted by molar-refractivity contribution is -0.139. The fourth-order valence-electron chi connectivity index (χ4n) is 2.99. The lowest BCUT2D eigenvalue weighted by Gasteiger charge is -2.37. The van der Waals surface area contributed by atoms with Gasteiger partial charge in [-0.2, -0.15) is 0 Å². The smallest absolute Gasteiger partial charge is 0.227 e. The molecule has 120 valence electrons. The molecule has 2 saturated heterocycles.